The molecule has 0 unspecified atom stereocenters. The number of hydrogen-bond acceptors (Lipinski definition) is 4. The first-order chi connectivity index (χ1) is 15.2. The van der Waals surface area contributed by atoms with Crippen molar-refractivity contribution >= 4 is 38.0 Å². The molecule has 5 nitrogen and oxygen atoms in total. The standard InChI is InChI=1S/C25H20ClNO4S/c1-16(28)24-23(18-6-4-3-5-7-18)22-14-19(26)10-13-21(22)25(29)27(24)15-17-8-11-20(12-9-17)32(2,30)31/h3-14H,15H2,1-2H3. The van der Waals surface area contributed by atoms with E-state index in [1.165, 1.54) is 23.6 Å². The zero-order chi connectivity index (χ0) is 23.0. The maximum atomic E-state index is 13.5. The number of aromatic nitrogens is 1. The van der Waals surface area contributed by atoms with Crippen molar-refractivity contribution in [3.63, 3.8) is 0 Å². The summed E-state index contributed by atoms with van der Waals surface area (Å²) < 4.78 is 25.0. The van der Waals surface area contributed by atoms with Gasteiger partial charge in [-0.25, -0.2) is 8.42 Å². The van der Waals surface area contributed by atoms with Gasteiger partial charge in [-0.15, -0.1) is 0 Å². The van der Waals surface area contributed by atoms with Crippen molar-refractivity contribution in [3.05, 3.63) is 99.4 Å². The molecule has 32 heavy (non-hydrogen) atoms. The Bertz CT molecular complexity index is 1510. The van der Waals surface area contributed by atoms with Crippen molar-refractivity contribution < 1.29 is 13.2 Å². The molecule has 0 aliphatic heterocycles. The van der Waals surface area contributed by atoms with Gasteiger partial charge in [0.15, 0.2) is 15.6 Å². The van der Waals surface area contributed by atoms with Crippen LogP contribution in [0.1, 0.15) is 23.0 Å². The van der Waals surface area contributed by atoms with E-state index in [0.717, 1.165) is 11.8 Å². The summed E-state index contributed by atoms with van der Waals surface area (Å²) in [7, 11) is -3.33. The molecule has 3 aromatic carbocycles. The monoisotopic (exact) mass is 465 g/mol. The molecular weight excluding hydrogens is 446 g/mol. The molecule has 1 aromatic heterocycles. The van der Waals surface area contributed by atoms with Gasteiger partial charge in [0, 0.05) is 29.2 Å². The Hall–Kier alpha value is -3.22. The number of nitrogens with zero attached hydrogens (tertiary/aromatic N) is 1. The number of sulfone groups is 1. The van der Waals surface area contributed by atoms with Crippen molar-refractivity contribution in [1.82, 2.24) is 4.57 Å². The highest BCUT2D eigenvalue weighted by Gasteiger charge is 2.21. The van der Waals surface area contributed by atoms with Gasteiger partial charge in [0.1, 0.15) is 0 Å². The minimum absolute atomic E-state index is 0.121. The minimum atomic E-state index is -3.33. The normalized spacial score (nSPS) is 11.6. The van der Waals surface area contributed by atoms with E-state index in [-0.39, 0.29) is 28.5 Å². The summed E-state index contributed by atoms with van der Waals surface area (Å²) in [5, 5.41) is 1.53. The summed E-state index contributed by atoms with van der Waals surface area (Å²) in [6.07, 6.45) is 1.14. The van der Waals surface area contributed by atoms with Crippen LogP contribution in [0.2, 0.25) is 5.02 Å². The minimum Gasteiger partial charge on any atom is -0.300 e. The van der Waals surface area contributed by atoms with Crippen molar-refractivity contribution in [2.24, 2.45) is 0 Å². The molecular formula is C25H20ClNO4S. The van der Waals surface area contributed by atoms with Gasteiger partial charge in [-0.1, -0.05) is 54.1 Å². The Morgan fingerprint density at radius 1 is 0.938 bits per heavy atom. The number of carbonyl (C=O) groups excluding carboxylic acids is 1. The molecule has 0 spiro atoms. The van der Waals surface area contributed by atoms with Crippen LogP contribution in [0.4, 0.5) is 0 Å². The van der Waals surface area contributed by atoms with Crippen molar-refractivity contribution in [2.75, 3.05) is 6.26 Å². The number of benzene rings is 3. The predicted octanol–water partition coefficient (Wildman–Crippen LogP) is 4.98. The lowest BCUT2D eigenvalue weighted by atomic mass is 9.95. The van der Waals surface area contributed by atoms with Gasteiger partial charge < -0.3 is 0 Å². The summed E-state index contributed by atoms with van der Waals surface area (Å²) in [5.41, 5.74) is 2.11. The van der Waals surface area contributed by atoms with Crippen LogP contribution in [0.3, 0.4) is 0 Å². The van der Waals surface area contributed by atoms with Crippen LogP contribution in [-0.2, 0) is 16.4 Å². The largest absolute Gasteiger partial charge is 0.300 e. The third-order valence-electron chi connectivity index (χ3n) is 5.32. The smallest absolute Gasteiger partial charge is 0.259 e. The number of pyridine rings is 1. The average molecular weight is 466 g/mol. The fourth-order valence-corrected chi connectivity index (χ4v) is 4.66. The SMILES string of the molecule is CC(=O)c1c(-c2ccccc2)c2cc(Cl)ccc2c(=O)n1Cc1ccc(S(C)(=O)=O)cc1. The Balaban J connectivity index is 2.02. The summed E-state index contributed by atoms with van der Waals surface area (Å²) in [6.45, 7) is 1.55. The van der Waals surface area contributed by atoms with E-state index in [2.05, 4.69) is 0 Å². The zero-order valence-electron chi connectivity index (χ0n) is 17.5. The van der Waals surface area contributed by atoms with Gasteiger partial charge in [-0.05, 0) is 46.8 Å². The molecule has 0 atom stereocenters. The molecule has 0 aliphatic carbocycles. The molecule has 162 valence electrons. The van der Waals surface area contributed by atoms with Crippen LogP contribution >= 0.6 is 11.6 Å². The molecule has 0 bridgehead atoms. The van der Waals surface area contributed by atoms with Crippen LogP contribution < -0.4 is 5.56 Å². The lowest BCUT2D eigenvalue weighted by Crippen LogP contribution is -2.27. The van der Waals surface area contributed by atoms with Gasteiger partial charge in [0.25, 0.3) is 5.56 Å². The number of carbonyl (C=O) groups is 1. The maximum Gasteiger partial charge on any atom is 0.259 e. The molecule has 0 radical (unpaired) electrons. The van der Waals surface area contributed by atoms with E-state index < -0.39 is 9.84 Å². The van der Waals surface area contributed by atoms with E-state index in [1.54, 1.807) is 30.3 Å². The lowest BCUT2D eigenvalue weighted by Gasteiger charge is -2.19. The summed E-state index contributed by atoms with van der Waals surface area (Å²) in [6, 6.07) is 20.7. The van der Waals surface area contributed by atoms with E-state index in [0.29, 0.717) is 26.9 Å². The fourth-order valence-electron chi connectivity index (χ4n) is 3.86. The highest BCUT2D eigenvalue weighted by molar-refractivity contribution is 7.90. The molecule has 4 rings (SSSR count). The number of hydrogen-bond donors (Lipinski definition) is 0. The Morgan fingerprint density at radius 3 is 2.19 bits per heavy atom. The number of Topliss-reactive ketones (excluding diaryl/α,β-unsaturated/α-hetero) is 1. The first kappa shape index (κ1) is 22.0. The number of fused-ring (bicyclic) bond motifs is 1. The van der Waals surface area contributed by atoms with Crippen LogP contribution in [-0.4, -0.2) is 25.0 Å². The molecule has 0 fully saturated rings. The summed E-state index contributed by atoms with van der Waals surface area (Å²) >= 11 is 6.24. The van der Waals surface area contributed by atoms with Gasteiger partial charge in [-0.3, -0.25) is 14.2 Å². The second-order valence-electron chi connectivity index (χ2n) is 7.64. The highest BCUT2D eigenvalue weighted by atomic mass is 35.5. The first-order valence-corrected chi connectivity index (χ1v) is 12.1. The zero-order valence-corrected chi connectivity index (χ0v) is 19.1. The third kappa shape index (κ3) is 4.11. The predicted molar refractivity (Wildman–Crippen MR) is 127 cm³/mol. The molecule has 0 saturated heterocycles. The second kappa shape index (κ2) is 8.37. The van der Waals surface area contributed by atoms with E-state index in [4.69, 9.17) is 11.6 Å². The summed E-state index contributed by atoms with van der Waals surface area (Å²) in [4.78, 5) is 26.5. The van der Waals surface area contributed by atoms with Crippen molar-refractivity contribution in [2.45, 2.75) is 18.4 Å². The third-order valence-corrected chi connectivity index (χ3v) is 6.68. The fraction of sp³-hybridized carbons (Fsp3) is 0.120. The Kier molecular flexibility index (Phi) is 5.75. The first-order valence-electron chi connectivity index (χ1n) is 9.88. The molecule has 0 N–H and O–H groups in total. The number of halogens is 1. The quantitative estimate of drug-likeness (QED) is 0.390. The van der Waals surface area contributed by atoms with Gasteiger partial charge in [0.05, 0.1) is 17.1 Å². The van der Waals surface area contributed by atoms with Crippen molar-refractivity contribution in [3.8, 4) is 11.1 Å². The summed E-state index contributed by atoms with van der Waals surface area (Å²) in [5.74, 6) is -0.254. The average Bonchev–Trinajstić information content (AvgIpc) is 2.75. The molecule has 1 heterocycles. The van der Waals surface area contributed by atoms with Crippen LogP contribution in [0.15, 0.2) is 82.5 Å². The van der Waals surface area contributed by atoms with Crippen LogP contribution in [0.5, 0.6) is 0 Å². The number of ketones is 1. The molecule has 0 amide bonds. The maximum absolute atomic E-state index is 13.5. The molecule has 0 aliphatic rings. The van der Waals surface area contributed by atoms with Gasteiger partial charge in [0.2, 0.25) is 0 Å². The van der Waals surface area contributed by atoms with Crippen molar-refractivity contribution in [1.29, 1.82) is 0 Å². The Labute approximate surface area is 190 Å². The molecule has 0 saturated carbocycles. The lowest BCUT2D eigenvalue weighted by molar-refractivity contribution is 0.100. The van der Waals surface area contributed by atoms with Crippen LogP contribution in [0, 0.1) is 0 Å². The van der Waals surface area contributed by atoms with Gasteiger partial charge >= 0.3 is 0 Å². The van der Waals surface area contributed by atoms with E-state index in [1.807, 2.05) is 30.3 Å². The van der Waals surface area contributed by atoms with Crippen LogP contribution in [0.25, 0.3) is 21.9 Å². The van der Waals surface area contributed by atoms with E-state index >= 15 is 0 Å². The van der Waals surface area contributed by atoms with Gasteiger partial charge in [-0.2, -0.15) is 0 Å². The topological polar surface area (TPSA) is 73.2 Å². The molecule has 4 aromatic rings. The Morgan fingerprint density at radius 2 is 1.59 bits per heavy atom. The number of rotatable bonds is 5. The highest BCUT2D eigenvalue weighted by Crippen LogP contribution is 2.33. The van der Waals surface area contributed by atoms with E-state index in [9.17, 15) is 18.0 Å². The second-order valence-corrected chi connectivity index (χ2v) is 10.1. The molecule has 7 heteroatoms.